The maximum atomic E-state index is 6.15. The largest absolute Gasteiger partial charge is 0.321 e. The Morgan fingerprint density at radius 1 is 1.35 bits per heavy atom. The van der Waals surface area contributed by atoms with Crippen LogP contribution in [-0.4, -0.2) is 19.6 Å². The molecule has 0 amide bonds. The Labute approximate surface area is 101 Å². The van der Waals surface area contributed by atoms with E-state index in [1.807, 2.05) is 24.3 Å². The second-order valence-corrected chi connectivity index (χ2v) is 4.48. The van der Waals surface area contributed by atoms with Crippen molar-refractivity contribution in [3.63, 3.8) is 0 Å². The van der Waals surface area contributed by atoms with Crippen LogP contribution in [0.4, 0.5) is 0 Å². The molecule has 2 rings (SSSR count). The van der Waals surface area contributed by atoms with E-state index in [2.05, 4.69) is 22.1 Å². The smallest absolute Gasteiger partial charge is 0.255 e. The molecule has 2 aromatic heterocycles. The molecule has 17 heavy (non-hydrogen) atoms. The fraction of sp³-hybridized carbons (Fsp3) is 0.583. The SMILES string of the molecule is CCCCC(N)c1nnc2nc(C)cc(C)n12. The van der Waals surface area contributed by atoms with Gasteiger partial charge in [-0.3, -0.25) is 4.40 Å². The predicted molar refractivity (Wildman–Crippen MR) is 66.7 cm³/mol. The molecule has 2 heterocycles. The van der Waals surface area contributed by atoms with Gasteiger partial charge in [-0.1, -0.05) is 19.8 Å². The van der Waals surface area contributed by atoms with E-state index in [1.165, 1.54) is 0 Å². The lowest BCUT2D eigenvalue weighted by Gasteiger charge is -2.10. The van der Waals surface area contributed by atoms with E-state index in [9.17, 15) is 0 Å². The number of rotatable bonds is 4. The quantitative estimate of drug-likeness (QED) is 0.876. The first-order chi connectivity index (χ1) is 8.13. The van der Waals surface area contributed by atoms with Crippen LogP contribution in [0.1, 0.15) is 49.4 Å². The van der Waals surface area contributed by atoms with Crippen LogP contribution in [0.2, 0.25) is 0 Å². The van der Waals surface area contributed by atoms with Gasteiger partial charge in [-0.05, 0) is 26.3 Å². The van der Waals surface area contributed by atoms with Crippen molar-refractivity contribution in [2.45, 2.75) is 46.1 Å². The number of unbranched alkanes of at least 4 members (excludes halogenated alkanes) is 1. The Balaban J connectivity index is 2.41. The molecule has 0 bridgehead atoms. The molecule has 0 spiro atoms. The Morgan fingerprint density at radius 2 is 2.12 bits per heavy atom. The molecule has 92 valence electrons. The Kier molecular flexibility index (Phi) is 3.38. The predicted octanol–water partition coefficient (Wildman–Crippen LogP) is 1.93. The second kappa shape index (κ2) is 4.79. The van der Waals surface area contributed by atoms with Gasteiger partial charge in [-0.25, -0.2) is 4.98 Å². The first-order valence-electron chi connectivity index (χ1n) is 6.08. The van der Waals surface area contributed by atoms with Gasteiger partial charge in [0.25, 0.3) is 5.78 Å². The van der Waals surface area contributed by atoms with Crippen LogP contribution in [0.5, 0.6) is 0 Å². The van der Waals surface area contributed by atoms with Crippen LogP contribution in [0, 0.1) is 13.8 Å². The highest BCUT2D eigenvalue weighted by Crippen LogP contribution is 2.17. The zero-order valence-electron chi connectivity index (χ0n) is 10.6. The van der Waals surface area contributed by atoms with Gasteiger partial charge in [0.05, 0.1) is 6.04 Å². The van der Waals surface area contributed by atoms with E-state index in [0.29, 0.717) is 5.78 Å². The first kappa shape index (κ1) is 12.0. The number of nitrogens with two attached hydrogens (primary N) is 1. The molecule has 0 aliphatic heterocycles. The maximum absolute atomic E-state index is 6.15. The van der Waals surface area contributed by atoms with Crippen LogP contribution >= 0.6 is 0 Å². The minimum Gasteiger partial charge on any atom is -0.321 e. The third-order valence-corrected chi connectivity index (χ3v) is 2.92. The molecule has 2 aromatic rings. The second-order valence-electron chi connectivity index (χ2n) is 4.48. The highest BCUT2D eigenvalue weighted by molar-refractivity contribution is 5.33. The van der Waals surface area contributed by atoms with Crippen LogP contribution in [0.3, 0.4) is 0 Å². The van der Waals surface area contributed by atoms with Crippen LogP contribution in [0.25, 0.3) is 5.78 Å². The lowest BCUT2D eigenvalue weighted by Crippen LogP contribution is -2.15. The number of aryl methyl sites for hydroxylation is 2. The van der Waals surface area contributed by atoms with Crippen LogP contribution in [0.15, 0.2) is 6.07 Å². The summed E-state index contributed by atoms with van der Waals surface area (Å²) in [6.45, 7) is 6.14. The van der Waals surface area contributed by atoms with Crippen molar-refractivity contribution in [1.82, 2.24) is 19.6 Å². The van der Waals surface area contributed by atoms with Gasteiger partial charge in [-0.15, -0.1) is 10.2 Å². The van der Waals surface area contributed by atoms with Crippen molar-refractivity contribution in [2.75, 3.05) is 0 Å². The topological polar surface area (TPSA) is 69.1 Å². The molecule has 0 aromatic carbocycles. The molecular formula is C12H19N5. The van der Waals surface area contributed by atoms with Gasteiger partial charge in [0, 0.05) is 11.4 Å². The summed E-state index contributed by atoms with van der Waals surface area (Å²) < 4.78 is 1.95. The molecule has 0 fully saturated rings. The third kappa shape index (κ3) is 2.29. The van der Waals surface area contributed by atoms with E-state index in [1.54, 1.807) is 0 Å². The third-order valence-electron chi connectivity index (χ3n) is 2.92. The van der Waals surface area contributed by atoms with Crippen molar-refractivity contribution in [1.29, 1.82) is 0 Å². The average Bonchev–Trinajstić information content (AvgIpc) is 2.69. The maximum Gasteiger partial charge on any atom is 0.255 e. The average molecular weight is 233 g/mol. The van der Waals surface area contributed by atoms with E-state index in [-0.39, 0.29) is 6.04 Å². The fourth-order valence-electron chi connectivity index (χ4n) is 2.05. The summed E-state index contributed by atoms with van der Waals surface area (Å²) in [5, 5.41) is 8.27. The molecule has 5 nitrogen and oxygen atoms in total. The molecule has 0 aliphatic rings. The molecule has 1 atom stereocenters. The number of hydrogen-bond donors (Lipinski definition) is 1. The van der Waals surface area contributed by atoms with Gasteiger partial charge in [0.1, 0.15) is 0 Å². The summed E-state index contributed by atoms with van der Waals surface area (Å²) in [5.74, 6) is 1.46. The minimum atomic E-state index is -0.0619. The van der Waals surface area contributed by atoms with Gasteiger partial charge in [-0.2, -0.15) is 0 Å². The van der Waals surface area contributed by atoms with E-state index < -0.39 is 0 Å². The van der Waals surface area contributed by atoms with E-state index in [4.69, 9.17) is 5.73 Å². The van der Waals surface area contributed by atoms with Crippen molar-refractivity contribution in [2.24, 2.45) is 5.73 Å². The molecule has 1 unspecified atom stereocenters. The minimum absolute atomic E-state index is 0.0619. The van der Waals surface area contributed by atoms with Crippen molar-refractivity contribution in [3.8, 4) is 0 Å². The molecule has 5 heteroatoms. The van der Waals surface area contributed by atoms with Crippen molar-refractivity contribution >= 4 is 5.78 Å². The summed E-state index contributed by atoms with van der Waals surface area (Å²) in [6.07, 6.45) is 3.18. The summed E-state index contributed by atoms with van der Waals surface area (Å²) in [5.41, 5.74) is 8.18. The highest BCUT2D eigenvalue weighted by Gasteiger charge is 2.15. The number of aromatic nitrogens is 4. The molecular weight excluding hydrogens is 214 g/mol. The first-order valence-corrected chi connectivity index (χ1v) is 6.08. The molecule has 0 saturated carbocycles. The Bertz CT molecular complexity index is 517. The van der Waals surface area contributed by atoms with Crippen LogP contribution < -0.4 is 5.73 Å². The number of nitrogens with zero attached hydrogens (tertiary/aromatic N) is 4. The summed E-state index contributed by atoms with van der Waals surface area (Å²) in [6, 6.07) is 1.96. The highest BCUT2D eigenvalue weighted by atomic mass is 15.3. The van der Waals surface area contributed by atoms with Crippen molar-refractivity contribution in [3.05, 3.63) is 23.3 Å². The Morgan fingerprint density at radius 3 is 2.82 bits per heavy atom. The van der Waals surface area contributed by atoms with Crippen molar-refractivity contribution < 1.29 is 0 Å². The zero-order chi connectivity index (χ0) is 12.4. The van der Waals surface area contributed by atoms with Gasteiger partial charge < -0.3 is 5.73 Å². The zero-order valence-corrected chi connectivity index (χ0v) is 10.6. The standard InChI is InChI=1S/C12H19N5/c1-4-5-6-10(13)11-15-16-12-14-8(2)7-9(3)17(11)12/h7,10H,4-6,13H2,1-3H3. The normalized spacial score (nSPS) is 13.2. The fourth-order valence-corrected chi connectivity index (χ4v) is 2.05. The molecule has 0 radical (unpaired) electrons. The van der Waals surface area contributed by atoms with Crippen LogP contribution in [-0.2, 0) is 0 Å². The lowest BCUT2D eigenvalue weighted by atomic mass is 10.1. The van der Waals surface area contributed by atoms with Gasteiger partial charge >= 0.3 is 0 Å². The summed E-state index contributed by atoms with van der Waals surface area (Å²) in [4.78, 5) is 4.35. The van der Waals surface area contributed by atoms with E-state index in [0.717, 1.165) is 36.5 Å². The number of hydrogen-bond acceptors (Lipinski definition) is 4. The summed E-state index contributed by atoms with van der Waals surface area (Å²) in [7, 11) is 0. The van der Waals surface area contributed by atoms with E-state index >= 15 is 0 Å². The van der Waals surface area contributed by atoms with Gasteiger partial charge in [0.15, 0.2) is 5.82 Å². The lowest BCUT2D eigenvalue weighted by molar-refractivity contribution is 0.568. The number of fused-ring (bicyclic) bond motifs is 1. The molecule has 0 aliphatic carbocycles. The Hall–Kier alpha value is -1.49. The molecule has 0 saturated heterocycles. The van der Waals surface area contributed by atoms with Gasteiger partial charge in [0.2, 0.25) is 0 Å². The molecule has 2 N–H and O–H groups in total. The summed E-state index contributed by atoms with van der Waals surface area (Å²) >= 11 is 0. The monoisotopic (exact) mass is 233 g/mol.